The zero-order valence-corrected chi connectivity index (χ0v) is 11.9. The summed E-state index contributed by atoms with van der Waals surface area (Å²) in [6, 6.07) is 7.56. The molecule has 1 aromatic rings. The molecule has 1 aromatic carbocycles. The van der Waals surface area contributed by atoms with Crippen LogP contribution in [0.1, 0.15) is 36.5 Å². The van der Waals surface area contributed by atoms with Crippen LogP contribution in [0.5, 0.6) is 0 Å². The highest BCUT2D eigenvalue weighted by atomic mass is 15.0. The summed E-state index contributed by atoms with van der Waals surface area (Å²) in [5, 5.41) is 3.62. The average Bonchev–Trinajstić information content (AvgIpc) is 3.16. The van der Waals surface area contributed by atoms with Gasteiger partial charge in [-0.2, -0.15) is 0 Å². The molecule has 2 rings (SSSR count). The smallest absolute Gasteiger partial charge is 0.00685 e. The minimum atomic E-state index is 0.157. The van der Waals surface area contributed by atoms with Gasteiger partial charge >= 0.3 is 0 Å². The van der Waals surface area contributed by atoms with Crippen molar-refractivity contribution < 1.29 is 0 Å². The first-order valence-electron chi connectivity index (χ1n) is 6.95. The van der Waals surface area contributed by atoms with Crippen molar-refractivity contribution in [1.29, 1.82) is 0 Å². The number of hydrogen-bond donors (Lipinski definition) is 1. The van der Waals surface area contributed by atoms with Crippen LogP contribution in [-0.2, 0) is 6.42 Å². The Kier molecular flexibility index (Phi) is 3.91. The molecule has 0 aliphatic heterocycles. The molecule has 0 radical (unpaired) electrons. The van der Waals surface area contributed by atoms with E-state index in [1.54, 1.807) is 0 Å². The zero-order valence-electron chi connectivity index (χ0n) is 11.9. The highest BCUT2D eigenvalue weighted by molar-refractivity contribution is 5.31. The number of rotatable bonds is 6. The van der Waals surface area contributed by atoms with Crippen molar-refractivity contribution in [1.82, 2.24) is 5.32 Å². The van der Waals surface area contributed by atoms with Crippen molar-refractivity contribution in [3.05, 3.63) is 47.5 Å². The zero-order chi connectivity index (χ0) is 13.2. The van der Waals surface area contributed by atoms with Gasteiger partial charge in [-0.05, 0) is 49.8 Å². The third-order valence-electron chi connectivity index (χ3n) is 4.04. The standard InChI is InChI=1S/C17H25N/c1-5-17(4,12-18-16-8-9-16)11-15-7-6-13(2)14(3)10-15/h5-7,10,16,18H,1,8-9,11-12H2,2-4H3. The molecule has 1 fully saturated rings. The summed E-state index contributed by atoms with van der Waals surface area (Å²) in [5.74, 6) is 0. The number of hydrogen-bond acceptors (Lipinski definition) is 1. The van der Waals surface area contributed by atoms with E-state index in [4.69, 9.17) is 0 Å². The molecule has 0 aromatic heterocycles. The maximum atomic E-state index is 4.03. The van der Waals surface area contributed by atoms with Crippen molar-refractivity contribution in [2.45, 2.75) is 46.1 Å². The van der Waals surface area contributed by atoms with Gasteiger partial charge in [-0.15, -0.1) is 6.58 Å². The van der Waals surface area contributed by atoms with E-state index >= 15 is 0 Å². The first kappa shape index (κ1) is 13.4. The van der Waals surface area contributed by atoms with Gasteiger partial charge in [0.15, 0.2) is 0 Å². The summed E-state index contributed by atoms with van der Waals surface area (Å²) in [5.41, 5.74) is 4.33. The van der Waals surface area contributed by atoms with Crippen LogP contribution < -0.4 is 5.32 Å². The van der Waals surface area contributed by atoms with Crippen LogP contribution in [0.2, 0.25) is 0 Å². The summed E-state index contributed by atoms with van der Waals surface area (Å²) < 4.78 is 0. The SMILES string of the molecule is C=CC(C)(CNC1CC1)Cc1ccc(C)c(C)c1. The van der Waals surface area contributed by atoms with Gasteiger partial charge in [0.2, 0.25) is 0 Å². The Morgan fingerprint density at radius 1 is 1.33 bits per heavy atom. The third kappa shape index (κ3) is 3.46. The summed E-state index contributed by atoms with van der Waals surface area (Å²) in [6.45, 7) is 11.7. The lowest BCUT2D eigenvalue weighted by Gasteiger charge is -2.26. The summed E-state index contributed by atoms with van der Waals surface area (Å²) >= 11 is 0. The second-order valence-electron chi connectivity index (χ2n) is 6.11. The van der Waals surface area contributed by atoms with Crippen LogP contribution in [0.25, 0.3) is 0 Å². The lowest BCUT2D eigenvalue weighted by molar-refractivity contribution is 0.389. The molecule has 0 bridgehead atoms. The second kappa shape index (κ2) is 5.27. The van der Waals surface area contributed by atoms with Crippen molar-refractivity contribution in [2.75, 3.05) is 6.54 Å². The normalized spacial score (nSPS) is 18.4. The average molecular weight is 243 g/mol. The van der Waals surface area contributed by atoms with Crippen LogP contribution in [-0.4, -0.2) is 12.6 Å². The van der Waals surface area contributed by atoms with E-state index < -0.39 is 0 Å². The minimum absolute atomic E-state index is 0.157. The molecule has 18 heavy (non-hydrogen) atoms. The molecule has 98 valence electrons. The van der Waals surface area contributed by atoms with E-state index in [1.807, 2.05) is 0 Å². The Hall–Kier alpha value is -1.08. The molecule has 1 unspecified atom stereocenters. The second-order valence-corrected chi connectivity index (χ2v) is 6.11. The predicted octanol–water partition coefficient (Wildman–Crippen LogP) is 3.79. The fraction of sp³-hybridized carbons (Fsp3) is 0.529. The van der Waals surface area contributed by atoms with Crippen LogP contribution in [0.3, 0.4) is 0 Å². The Bertz CT molecular complexity index is 431. The van der Waals surface area contributed by atoms with Crippen LogP contribution in [0, 0.1) is 19.3 Å². The molecule has 1 aliphatic rings. The fourth-order valence-corrected chi connectivity index (χ4v) is 2.25. The number of aryl methyl sites for hydroxylation is 2. The van der Waals surface area contributed by atoms with Crippen molar-refractivity contribution in [3.63, 3.8) is 0 Å². The van der Waals surface area contributed by atoms with Gasteiger partial charge < -0.3 is 5.32 Å². The van der Waals surface area contributed by atoms with Crippen molar-refractivity contribution >= 4 is 0 Å². The Balaban J connectivity index is 2.02. The molecular formula is C17H25N. The molecule has 1 saturated carbocycles. The van der Waals surface area contributed by atoms with Crippen LogP contribution >= 0.6 is 0 Å². The summed E-state index contributed by atoms with van der Waals surface area (Å²) in [7, 11) is 0. The lowest BCUT2D eigenvalue weighted by Crippen LogP contribution is -2.33. The van der Waals surface area contributed by atoms with Gasteiger partial charge in [-0.1, -0.05) is 31.2 Å². The van der Waals surface area contributed by atoms with Gasteiger partial charge in [0, 0.05) is 18.0 Å². The molecule has 1 nitrogen and oxygen atoms in total. The number of nitrogens with one attached hydrogen (secondary N) is 1. The predicted molar refractivity (Wildman–Crippen MR) is 78.9 cm³/mol. The minimum Gasteiger partial charge on any atom is -0.313 e. The molecule has 0 heterocycles. The largest absolute Gasteiger partial charge is 0.313 e. The van der Waals surface area contributed by atoms with Gasteiger partial charge in [0.1, 0.15) is 0 Å². The Morgan fingerprint density at radius 3 is 2.61 bits per heavy atom. The topological polar surface area (TPSA) is 12.0 Å². The van der Waals surface area contributed by atoms with Gasteiger partial charge in [-0.3, -0.25) is 0 Å². The molecule has 1 heteroatoms. The molecule has 1 aliphatic carbocycles. The monoisotopic (exact) mass is 243 g/mol. The number of benzene rings is 1. The quantitative estimate of drug-likeness (QED) is 0.750. The lowest BCUT2D eigenvalue weighted by atomic mass is 9.83. The highest BCUT2D eigenvalue weighted by Gasteiger charge is 2.26. The van der Waals surface area contributed by atoms with E-state index in [0.29, 0.717) is 0 Å². The molecule has 0 saturated heterocycles. The van der Waals surface area contributed by atoms with E-state index in [2.05, 4.69) is 56.9 Å². The van der Waals surface area contributed by atoms with Crippen LogP contribution in [0.15, 0.2) is 30.9 Å². The Morgan fingerprint density at radius 2 is 2.06 bits per heavy atom. The first-order chi connectivity index (χ1) is 8.52. The maximum absolute atomic E-state index is 4.03. The summed E-state index contributed by atoms with van der Waals surface area (Å²) in [6.07, 6.45) is 5.86. The van der Waals surface area contributed by atoms with E-state index in [9.17, 15) is 0 Å². The highest BCUT2D eigenvalue weighted by Crippen LogP contribution is 2.27. The molecule has 1 atom stereocenters. The van der Waals surface area contributed by atoms with E-state index in [-0.39, 0.29) is 5.41 Å². The molecule has 1 N–H and O–H groups in total. The summed E-state index contributed by atoms with van der Waals surface area (Å²) in [4.78, 5) is 0. The molecular weight excluding hydrogens is 218 g/mol. The molecule has 0 amide bonds. The van der Waals surface area contributed by atoms with Gasteiger partial charge in [0.25, 0.3) is 0 Å². The van der Waals surface area contributed by atoms with Gasteiger partial charge in [-0.25, -0.2) is 0 Å². The molecule has 0 spiro atoms. The first-order valence-corrected chi connectivity index (χ1v) is 6.95. The fourth-order valence-electron chi connectivity index (χ4n) is 2.25. The van der Waals surface area contributed by atoms with Crippen molar-refractivity contribution in [3.8, 4) is 0 Å². The van der Waals surface area contributed by atoms with Gasteiger partial charge in [0.05, 0.1) is 0 Å². The van der Waals surface area contributed by atoms with Crippen LogP contribution in [0.4, 0.5) is 0 Å². The van der Waals surface area contributed by atoms with E-state index in [0.717, 1.165) is 19.0 Å². The maximum Gasteiger partial charge on any atom is 0.00685 e. The third-order valence-corrected chi connectivity index (χ3v) is 4.04. The Labute approximate surface area is 111 Å². The van der Waals surface area contributed by atoms with Crippen molar-refractivity contribution in [2.24, 2.45) is 5.41 Å². The van der Waals surface area contributed by atoms with E-state index in [1.165, 1.54) is 29.5 Å².